The molecule has 5 heteroatoms. The van der Waals surface area contributed by atoms with Gasteiger partial charge in [0.15, 0.2) is 0 Å². The molecule has 0 bridgehead atoms. The molecule has 1 unspecified atom stereocenters. The fraction of sp³-hybridized carbons (Fsp3) is 0.688. The van der Waals surface area contributed by atoms with Crippen LogP contribution in [0.25, 0.3) is 0 Å². The summed E-state index contributed by atoms with van der Waals surface area (Å²) >= 11 is 0. The minimum Gasteiger partial charge on any atom is -0.394 e. The van der Waals surface area contributed by atoms with Crippen molar-refractivity contribution in [1.82, 2.24) is 10.3 Å². The van der Waals surface area contributed by atoms with E-state index in [0.29, 0.717) is 6.54 Å². The summed E-state index contributed by atoms with van der Waals surface area (Å²) in [6.45, 7) is 11.6. The molecule has 1 aromatic rings. The number of nitrogens with zero attached hydrogens (tertiary/aromatic N) is 2. The molecule has 2 heterocycles. The maximum Gasteiger partial charge on any atom is 0.131 e. The monoisotopic (exact) mass is 293 g/mol. The molecule has 0 aromatic carbocycles. The molecule has 1 atom stereocenters. The standard InChI is InChI=1S/C16H27N3O2/c1-5-17-7-13-6-12(2)15(18-8-13)19-9-14(10-20)21-16(3,4)11-19/h6,8,14,17,20H,5,7,9-11H2,1-4H3. The lowest BCUT2D eigenvalue weighted by Crippen LogP contribution is -2.54. The topological polar surface area (TPSA) is 57.6 Å². The zero-order valence-electron chi connectivity index (χ0n) is 13.5. The summed E-state index contributed by atoms with van der Waals surface area (Å²) < 4.78 is 5.86. The summed E-state index contributed by atoms with van der Waals surface area (Å²) in [5.74, 6) is 0.991. The number of rotatable bonds is 5. The van der Waals surface area contributed by atoms with Crippen molar-refractivity contribution < 1.29 is 9.84 Å². The molecule has 5 nitrogen and oxygen atoms in total. The number of ether oxygens (including phenoxy) is 1. The summed E-state index contributed by atoms with van der Waals surface area (Å²) in [5, 5.41) is 12.7. The van der Waals surface area contributed by atoms with Gasteiger partial charge in [-0.3, -0.25) is 0 Å². The number of aliphatic hydroxyl groups excluding tert-OH is 1. The third-order valence-electron chi connectivity index (χ3n) is 3.67. The Morgan fingerprint density at radius 3 is 2.90 bits per heavy atom. The lowest BCUT2D eigenvalue weighted by atomic mass is 10.0. The summed E-state index contributed by atoms with van der Waals surface area (Å²) in [6, 6.07) is 2.18. The SMILES string of the molecule is CCNCc1cnc(N2CC(CO)OC(C)(C)C2)c(C)c1. The van der Waals surface area contributed by atoms with Crippen LogP contribution >= 0.6 is 0 Å². The molecule has 1 aromatic heterocycles. The number of hydrogen-bond acceptors (Lipinski definition) is 5. The fourth-order valence-electron chi connectivity index (χ4n) is 2.87. The number of aromatic nitrogens is 1. The summed E-state index contributed by atoms with van der Waals surface area (Å²) in [5.41, 5.74) is 2.09. The van der Waals surface area contributed by atoms with Gasteiger partial charge < -0.3 is 20.1 Å². The van der Waals surface area contributed by atoms with Crippen LogP contribution in [-0.4, -0.2) is 48.0 Å². The maximum atomic E-state index is 9.42. The normalized spacial score (nSPS) is 21.6. The quantitative estimate of drug-likeness (QED) is 0.861. The van der Waals surface area contributed by atoms with E-state index in [-0.39, 0.29) is 18.3 Å². The average Bonchev–Trinajstić information content (AvgIpc) is 2.43. The highest BCUT2D eigenvalue weighted by Crippen LogP contribution is 2.27. The van der Waals surface area contributed by atoms with Gasteiger partial charge in [-0.05, 0) is 44.5 Å². The molecular formula is C16H27N3O2. The van der Waals surface area contributed by atoms with E-state index < -0.39 is 0 Å². The minimum absolute atomic E-state index is 0.0392. The highest BCUT2D eigenvalue weighted by molar-refractivity contribution is 5.48. The minimum atomic E-state index is -0.276. The Labute approximate surface area is 127 Å². The van der Waals surface area contributed by atoms with Gasteiger partial charge in [-0.1, -0.05) is 6.92 Å². The third kappa shape index (κ3) is 4.15. The summed E-state index contributed by atoms with van der Waals surface area (Å²) in [4.78, 5) is 6.86. The van der Waals surface area contributed by atoms with Gasteiger partial charge in [-0.2, -0.15) is 0 Å². The molecule has 2 rings (SSSR count). The first-order valence-electron chi connectivity index (χ1n) is 7.65. The Morgan fingerprint density at radius 2 is 2.29 bits per heavy atom. The van der Waals surface area contributed by atoms with E-state index in [1.807, 2.05) is 6.20 Å². The summed E-state index contributed by atoms with van der Waals surface area (Å²) in [7, 11) is 0. The van der Waals surface area contributed by atoms with Gasteiger partial charge in [0.05, 0.1) is 18.3 Å². The second kappa shape index (κ2) is 6.73. The molecule has 0 radical (unpaired) electrons. The number of anilines is 1. The van der Waals surface area contributed by atoms with Gasteiger partial charge >= 0.3 is 0 Å². The largest absolute Gasteiger partial charge is 0.394 e. The number of aryl methyl sites for hydroxylation is 1. The van der Waals surface area contributed by atoms with Crippen molar-refractivity contribution in [2.24, 2.45) is 0 Å². The molecule has 0 spiro atoms. The van der Waals surface area contributed by atoms with Crippen LogP contribution in [0.5, 0.6) is 0 Å². The Morgan fingerprint density at radius 1 is 1.52 bits per heavy atom. The maximum absolute atomic E-state index is 9.42. The Hall–Kier alpha value is -1.17. The smallest absolute Gasteiger partial charge is 0.131 e. The van der Waals surface area contributed by atoms with E-state index in [1.54, 1.807) is 0 Å². The molecule has 0 amide bonds. The van der Waals surface area contributed by atoms with E-state index in [4.69, 9.17) is 4.74 Å². The van der Waals surface area contributed by atoms with Crippen LogP contribution < -0.4 is 10.2 Å². The van der Waals surface area contributed by atoms with Crippen molar-refractivity contribution in [2.75, 3.05) is 31.1 Å². The zero-order chi connectivity index (χ0) is 15.5. The molecule has 0 aliphatic carbocycles. The number of morpholine rings is 1. The number of nitrogens with one attached hydrogen (secondary N) is 1. The van der Waals surface area contributed by atoms with Gasteiger partial charge in [0.25, 0.3) is 0 Å². The van der Waals surface area contributed by atoms with Crippen LogP contribution in [0.4, 0.5) is 5.82 Å². The highest BCUT2D eigenvalue weighted by Gasteiger charge is 2.34. The van der Waals surface area contributed by atoms with E-state index >= 15 is 0 Å². The first-order chi connectivity index (χ1) is 9.95. The van der Waals surface area contributed by atoms with E-state index in [2.05, 4.69) is 49.0 Å². The number of pyridine rings is 1. The van der Waals surface area contributed by atoms with Crippen molar-refractivity contribution >= 4 is 5.82 Å². The highest BCUT2D eigenvalue weighted by atomic mass is 16.5. The molecule has 1 saturated heterocycles. The van der Waals surface area contributed by atoms with Gasteiger partial charge in [0, 0.05) is 25.8 Å². The average molecular weight is 293 g/mol. The lowest BCUT2D eigenvalue weighted by molar-refractivity contribution is -0.101. The second-order valence-corrected chi connectivity index (χ2v) is 6.33. The van der Waals surface area contributed by atoms with Gasteiger partial charge in [-0.15, -0.1) is 0 Å². The van der Waals surface area contributed by atoms with Crippen LogP contribution in [0.1, 0.15) is 31.9 Å². The second-order valence-electron chi connectivity index (χ2n) is 6.33. The van der Waals surface area contributed by atoms with Gasteiger partial charge in [0.2, 0.25) is 0 Å². The van der Waals surface area contributed by atoms with Crippen LogP contribution in [0.3, 0.4) is 0 Å². The molecule has 21 heavy (non-hydrogen) atoms. The first-order valence-corrected chi connectivity index (χ1v) is 7.65. The predicted molar refractivity (Wildman–Crippen MR) is 84.6 cm³/mol. The number of aliphatic hydroxyl groups is 1. The van der Waals surface area contributed by atoms with Crippen LogP contribution in [-0.2, 0) is 11.3 Å². The van der Waals surface area contributed by atoms with Gasteiger partial charge in [0.1, 0.15) is 5.82 Å². The Kier molecular flexibility index (Phi) is 5.19. The third-order valence-corrected chi connectivity index (χ3v) is 3.67. The van der Waals surface area contributed by atoms with Crippen molar-refractivity contribution in [3.63, 3.8) is 0 Å². The van der Waals surface area contributed by atoms with Crippen LogP contribution in [0.15, 0.2) is 12.3 Å². The number of hydrogen-bond donors (Lipinski definition) is 2. The lowest BCUT2D eigenvalue weighted by Gasteiger charge is -2.43. The molecule has 118 valence electrons. The van der Waals surface area contributed by atoms with Crippen molar-refractivity contribution in [3.8, 4) is 0 Å². The molecule has 2 N–H and O–H groups in total. The molecular weight excluding hydrogens is 266 g/mol. The fourth-order valence-corrected chi connectivity index (χ4v) is 2.87. The van der Waals surface area contributed by atoms with Gasteiger partial charge in [-0.25, -0.2) is 4.98 Å². The predicted octanol–water partition coefficient (Wildman–Crippen LogP) is 1.48. The summed E-state index contributed by atoms with van der Waals surface area (Å²) in [6.07, 6.45) is 1.78. The van der Waals surface area contributed by atoms with Crippen LogP contribution in [0.2, 0.25) is 0 Å². The van der Waals surface area contributed by atoms with Crippen molar-refractivity contribution in [2.45, 2.75) is 45.9 Å². The molecule has 1 aliphatic heterocycles. The van der Waals surface area contributed by atoms with Crippen molar-refractivity contribution in [3.05, 3.63) is 23.4 Å². The Balaban J connectivity index is 2.16. The Bertz CT molecular complexity index is 477. The van der Waals surface area contributed by atoms with E-state index in [0.717, 1.165) is 25.5 Å². The van der Waals surface area contributed by atoms with Crippen molar-refractivity contribution in [1.29, 1.82) is 0 Å². The molecule has 1 aliphatic rings. The zero-order valence-corrected chi connectivity index (χ0v) is 13.5. The van der Waals surface area contributed by atoms with Crippen LogP contribution in [0, 0.1) is 6.92 Å². The molecule has 1 fully saturated rings. The van der Waals surface area contributed by atoms with E-state index in [1.165, 1.54) is 11.1 Å². The molecule has 0 saturated carbocycles. The first kappa shape index (κ1) is 16.2. The van der Waals surface area contributed by atoms with E-state index in [9.17, 15) is 5.11 Å².